The molecule has 4 aliphatic heterocycles. The van der Waals surface area contributed by atoms with Gasteiger partial charge in [0.2, 0.25) is 17.7 Å². The van der Waals surface area contributed by atoms with E-state index in [2.05, 4.69) is 29.8 Å². The van der Waals surface area contributed by atoms with Crippen LogP contribution < -0.4 is 16.0 Å². The molecule has 0 unspecified atom stereocenters. The summed E-state index contributed by atoms with van der Waals surface area (Å²) in [4.78, 5) is 50.1. The van der Waals surface area contributed by atoms with Crippen LogP contribution >= 0.6 is 0 Å². The van der Waals surface area contributed by atoms with Crippen molar-refractivity contribution in [2.24, 2.45) is 5.92 Å². The standard InChI is InChI=1S/C35H58N4O16/c1-16(2)10-8-6-4-5-7-9-11-21(43)37-24-28(48)25(45)19(52-34(24)55-33-23(36-17(3)41)27(47)26(46)20(15-40)53-33)14-18(42)31-29(49)30(50)32(54-31)39-13-12-22(44)38-35(39)51/h9,11,16,18-20,23-34,40,42,45-50H,4-8,10,12-15H2,1-3H3,(H,36,41)(H,37,43)(H,38,44,51)/b11-9+/t18-,19-,20+,23+,24+,25-,26-,27-,28+,29+,30+,31+,32-,33+,34-/m1/s1. The Morgan fingerprint density at radius 3 is 2.11 bits per heavy atom. The van der Waals surface area contributed by atoms with E-state index in [9.17, 15) is 60.0 Å². The Kier molecular flexibility index (Phi) is 16.7. The summed E-state index contributed by atoms with van der Waals surface area (Å²) >= 11 is 0. The number of amides is 5. The van der Waals surface area contributed by atoms with Crippen LogP contribution in [0.2, 0.25) is 0 Å². The van der Waals surface area contributed by atoms with Crippen molar-refractivity contribution in [2.75, 3.05) is 13.2 Å². The van der Waals surface area contributed by atoms with E-state index in [-0.39, 0.29) is 13.0 Å². The molecule has 15 atom stereocenters. The first kappa shape index (κ1) is 44.8. The maximum Gasteiger partial charge on any atom is 0.326 e. The molecule has 0 bridgehead atoms. The van der Waals surface area contributed by atoms with Crippen molar-refractivity contribution in [1.82, 2.24) is 20.9 Å². The van der Waals surface area contributed by atoms with Gasteiger partial charge >= 0.3 is 6.03 Å². The second kappa shape index (κ2) is 20.5. The predicted octanol–water partition coefficient (Wildman–Crippen LogP) is -3.43. The maximum absolute atomic E-state index is 13.1. The van der Waals surface area contributed by atoms with E-state index in [0.29, 0.717) is 12.3 Å². The molecule has 314 valence electrons. The van der Waals surface area contributed by atoms with Crippen molar-refractivity contribution >= 4 is 23.8 Å². The highest BCUT2D eigenvalue weighted by molar-refractivity contribution is 5.96. The van der Waals surface area contributed by atoms with Crippen molar-refractivity contribution < 1.29 is 79.0 Å². The number of allylic oxidation sites excluding steroid dienone is 1. The zero-order chi connectivity index (χ0) is 40.6. The van der Waals surface area contributed by atoms with Gasteiger partial charge in [-0.15, -0.1) is 0 Å². The monoisotopic (exact) mass is 790 g/mol. The third kappa shape index (κ3) is 11.6. The minimum absolute atomic E-state index is 0.0996. The average Bonchev–Trinajstić information content (AvgIpc) is 3.42. The molecule has 4 fully saturated rings. The van der Waals surface area contributed by atoms with Crippen LogP contribution in [0.4, 0.5) is 4.79 Å². The van der Waals surface area contributed by atoms with Crippen LogP contribution in [0.15, 0.2) is 12.2 Å². The molecule has 0 saturated carbocycles. The number of hydrogen-bond donors (Lipinski definition) is 11. The normalized spacial score (nSPS) is 37.6. The summed E-state index contributed by atoms with van der Waals surface area (Å²) in [5.74, 6) is -1.26. The van der Waals surface area contributed by atoms with Crippen LogP contribution in [-0.2, 0) is 33.3 Å². The number of nitrogens with one attached hydrogen (secondary N) is 3. The van der Waals surface area contributed by atoms with E-state index in [1.54, 1.807) is 6.08 Å². The van der Waals surface area contributed by atoms with Gasteiger partial charge in [0.05, 0.1) is 18.8 Å². The minimum atomic E-state index is -1.84. The quantitative estimate of drug-likeness (QED) is 0.0505. The number of hydrogen-bond acceptors (Lipinski definition) is 16. The summed E-state index contributed by atoms with van der Waals surface area (Å²) in [5.41, 5.74) is 0. The molecule has 20 nitrogen and oxygen atoms in total. The molecule has 0 aliphatic carbocycles. The summed E-state index contributed by atoms with van der Waals surface area (Å²) < 4.78 is 23.3. The molecular weight excluding hydrogens is 732 g/mol. The number of nitrogens with zero attached hydrogens (tertiary/aromatic N) is 1. The van der Waals surface area contributed by atoms with Crippen LogP contribution in [0.25, 0.3) is 0 Å². The Morgan fingerprint density at radius 2 is 1.49 bits per heavy atom. The fraction of sp³-hybridized carbons (Fsp3) is 0.829. The van der Waals surface area contributed by atoms with E-state index in [1.807, 2.05) is 0 Å². The molecule has 20 heteroatoms. The fourth-order valence-electron chi connectivity index (χ4n) is 7.14. The van der Waals surface area contributed by atoms with Gasteiger partial charge in [-0.05, 0) is 24.8 Å². The zero-order valence-electron chi connectivity index (χ0n) is 31.3. The van der Waals surface area contributed by atoms with Crippen LogP contribution in [0.1, 0.15) is 72.1 Å². The van der Waals surface area contributed by atoms with Gasteiger partial charge in [-0.2, -0.15) is 0 Å². The summed E-state index contributed by atoms with van der Waals surface area (Å²) in [6, 6.07) is -3.86. The number of carbonyl (C=O) groups is 4. The third-order valence-corrected chi connectivity index (χ3v) is 10.2. The Labute approximate surface area is 318 Å². The van der Waals surface area contributed by atoms with Gasteiger partial charge in [-0.3, -0.25) is 24.6 Å². The number of ether oxygens (including phenoxy) is 4. The number of urea groups is 1. The van der Waals surface area contributed by atoms with E-state index in [1.165, 1.54) is 6.08 Å². The summed E-state index contributed by atoms with van der Waals surface area (Å²) in [6.07, 6.45) is -13.6. The van der Waals surface area contributed by atoms with Gasteiger partial charge in [-0.25, -0.2) is 4.79 Å². The highest BCUT2D eigenvalue weighted by Gasteiger charge is 2.54. The molecule has 4 aliphatic rings. The zero-order valence-corrected chi connectivity index (χ0v) is 31.3. The van der Waals surface area contributed by atoms with Crippen molar-refractivity contribution in [3.8, 4) is 0 Å². The molecule has 0 aromatic rings. The number of carbonyl (C=O) groups excluding carboxylic acids is 4. The topological polar surface area (TPSA) is 306 Å². The minimum Gasteiger partial charge on any atom is -0.394 e. The lowest BCUT2D eigenvalue weighted by atomic mass is 9.91. The smallest absolute Gasteiger partial charge is 0.326 e. The number of rotatable bonds is 17. The predicted molar refractivity (Wildman–Crippen MR) is 187 cm³/mol. The van der Waals surface area contributed by atoms with Gasteiger partial charge in [0.15, 0.2) is 18.8 Å². The van der Waals surface area contributed by atoms with Crippen LogP contribution in [-0.4, -0.2) is 175 Å². The van der Waals surface area contributed by atoms with Crippen molar-refractivity contribution in [3.05, 3.63) is 12.2 Å². The number of aliphatic hydroxyl groups is 8. The Bertz CT molecular complexity index is 1320. The van der Waals surface area contributed by atoms with Gasteiger partial charge in [0, 0.05) is 26.3 Å². The first-order valence-electron chi connectivity index (χ1n) is 18.9. The molecule has 5 amide bonds. The third-order valence-electron chi connectivity index (χ3n) is 10.2. The molecule has 11 N–H and O–H groups in total. The van der Waals surface area contributed by atoms with Gasteiger partial charge in [-0.1, -0.05) is 45.6 Å². The summed E-state index contributed by atoms with van der Waals surface area (Å²) in [5, 5.41) is 93.3. The average molecular weight is 791 g/mol. The van der Waals surface area contributed by atoms with E-state index >= 15 is 0 Å². The lowest BCUT2D eigenvalue weighted by Crippen LogP contribution is -2.68. The molecule has 4 saturated heterocycles. The summed E-state index contributed by atoms with van der Waals surface area (Å²) in [7, 11) is 0. The Balaban J connectivity index is 1.49. The van der Waals surface area contributed by atoms with Gasteiger partial charge < -0.3 is 70.4 Å². The van der Waals surface area contributed by atoms with Crippen molar-refractivity contribution in [1.29, 1.82) is 0 Å². The highest BCUT2D eigenvalue weighted by atomic mass is 16.8. The van der Waals surface area contributed by atoms with Gasteiger partial charge in [0.1, 0.15) is 60.9 Å². The van der Waals surface area contributed by atoms with Gasteiger partial charge in [0.25, 0.3) is 0 Å². The Hall–Kier alpha value is -2.86. The largest absolute Gasteiger partial charge is 0.394 e. The van der Waals surface area contributed by atoms with E-state index in [0.717, 1.165) is 43.9 Å². The van der Waals surface area contributed by atoms with Crippen LogP contribution in [0.5, 0.6) is 0 Å². The lowest BCUT2D eigenvalue weighted by Gasteiger charge is -2.47. The Morgan fingerprint density at radius 1 is 0.873 bits per heavy atom. The molecular formula is C35H58N4O16. The highest BCUT2D eigenvalue weighted by Crippen LogP contribution is 2.33. The molecule has 55 heavy (non-hydrogen) atoms. The molecule has 0 spiro atoms. The fourth-order valence-corrected chi connectivity index (χ4v) is 7.14. The van der Waals surface area contributed by atoms with E-state index < -0.39 is 129 Å². The molecule has 0 radical (unpaired) electrons. The molecule has 0 aromatic heterocycles. The SMILES string of the molecule is CC(=O)N[C@@H]1[C@H](O[C@H]2O[C@H](C[C@@H](O)[C@@H]3O[C@@H](N4CCC(=O)NC4=O)[C@@H](O)[C@@H]3O)[C@@H](O)[C@@H](O)[C@@H]2NC(=O)/C=C/CCCCCCC(C)C)O[C@@H](CO)[C@@H](O)[C@@H]1O. The number of imide groups is 1. The van der Waals surface area contributed by atoms with Crippen LogP contribution in [0.3, 0.4) is 0 Å². The second-order valence-electron chi connectivity index (χ2n) is 15.0. The number of unbranched alkanes of at least 4 members (excludes halogenated alkanes) is 4. The number of aliphatic hydroxyl groups excluding tert-OH is 8. The molecule has 4 heterocycles. The molecule has 4 rings (SSSR count). The van der Waals surface area contributed by atoms with Crippen LogP contribution in [0, 0.1) is 5.92 Å². The second-order valence-corrected chi connectivity index (χ2v) is 15.0. The molecule has 0 aromatic carbocycles. The summed E-state index contributed by atoms with van der Waals surface area (Å²) in [6.45, 7) is 4.55. The van der Waals surface area contributed by atoms with Crippen molar-refractivity contribution in [3.63, 3.8) is 0 Å². The first-order chi connectivity index (χ1) is 26.0. The van der Waals surface area contributed by atoms with E-state index in [4.69, 9.17) is 18.9 Å². The van der Waals surface area contributed by atoms with Crippen molar-refractivity contribution in [2.45, 2.75) is 164 Å². The maximum atomic E-state index is 13.1. The lowest BCUT2D eigenvalue weighted by molar-refractivity contribution is -0.346. The first-order valence-corrected chi connectivity index (χ1v) is 18.9.